The number of imidazole rings is 1. The number of fused-ring (bicyclic) bond motifs is 2. The Bertz CT molecular complexity index is 1160. The molecule has 2 amide bonds. The maximum absolute atomic E-state index is 12.7. The van der Waals surface area contributed by atoms with Crippen molar-refractivity contribution in [1.82, 2.24) is 19.2 Å². The predicted molar refractivity (Wildman–Crippen MR) is 133 cm³/mol. The number of carbonyl (C=O) groups excluding carboxylic acids is 1. The number of rotatable bonds is 8. The fraction of sp³-hybridized carbons (Fsp3) is 0.520. The summed E-state index contributed by atoms with van der Waals surface area (Å²) in [5, 5.41) is 3.89. The van der Waals surface area contributed by atoms with Gasteiger partial charge >= 0.3 is 6.03 Å². The largest absolute Gasteiger partial charge is 0.333 e. The first-order valence-corrected chi connectivity index (χ1v) is 13.9. The van der Waals surface area contributed by atoms with E-state index in [0.29, 0.717) is 5.82 Å². The third-order valence-electron chi connectivity index (χ3n) is 7.16. The number of hydrogen-bond donors (Lipinski definition) is 2. The summed E-state index contributed by atoms with van der Waals surface area (Å²) in [5.74, 6) is 0.561. The van der Waals surface area contributed by atoms with Crippen molar-refractivity contribution in [2.45, 2.75) is 64.3 Å². The van der Waals surface area contributed by atoms with E-state index in [1.54, 1.807) is 6.20 Å². The van der Waals surface area contributed by atoms with E-state index in [1.807, 2.05) is 10.8 Å². The van der Waals surface area contributed by atoms with Crippen molar-refractivity contribution in [2.24, 2.45) is 0 Å². The molecule has 0 atom stereocenters. The Morgan fingerprint density at radius 1 is 1.00 bits per heavy atom. The number of aromatic nitrogens is 2. The van der Waals surface area contributed by atoms with E-state index >= 15 is 0 Å². The monoisotopic (exact) mass is 483 g/mol. The van der Waals surface area contributed by atoms with E-state index in [2.05, 4.69) is 26.0 Å². The number of amides is 2. The molecule has 8 nitrogen and oxygen atoms in total. The molecule has 9 heteroatoms. The molecule has 34 heavy (non-hydrogen) atoms. The molecule has 2 aromatic rings. The van der Waals surface area contributed by atoms with Gasteiger partial charge in [-0.15, -0.1) is 0 Å². The summed E-state index contributed by atoms with van der Waals surface area (Å²) in [5.41, 5.74) is 5.73. The number of anilines is 1. The van der Waals surface area contributed by atoms with Crippen LogP contribution in [0.15, 0.2) is 23.9 Å². The Labute approximate surface area is 201 Å². The van der Waals surface area contributed by atoms with Crippen LogP contribution in [0.2, 0.25) is 0 Å². The number of benzene rings is 1. The van der Waals surface area contributed by atoms with Gasteiger partial charge in [0.2, 0.25) is 0 Å². The number of urea groups is 1. The van der Waals surface area contributed by atoms with Gasteiger partial charge in [0.05, 0.1) is 5.41 Å². The minimum atomic E-state index is -3.96. The standard InChI is InChI=1S/C25H33N5O3S/c31-25(27-24-21-8-3-6-19(21)18-20-7-4-9-22(20)24)28-34(32,33)17-10-23-26-11-16-30(23)15-5-14-29-12-1-2-13-29/h10-11,16-18H,1-9,12-15H2,(H2,27,28,31)/b17-10+. The number of nitrogens with zero attached hydrogens (tertiary/aromatic N) is 3. The van der Waals surface area contributed by atoms with E-state index in [1.165, 1.54) is 41.2 Å². The lowest BCUT2D eigenvalue weighted by atomic mass is 9.99. The SMILES string of the molecule is O=C(Nc1c2c(cc3c1CCC3)CCC2)NS(=O)(=O)/C=C/c1nccn1CCCN1CCCC1. The molecule has 5 rings (SSSR count). The average molecular weight is 484 g/mol. The van der Waals surface area contributed by atoms with Crippen LogP contribution < -0.4 is 10.0 Å². The van der Waals surface area contributed by atoms with Crippen LogP contribution in [0.4, 0.5) is 10.5 Å². The molecular formula is C25H33N5O3S. The van der Waals surface area contributed by atoms with Crippen molar-refractivity contribution in [3.8, 4) is 0 Å². The third-order valence-corrected chi connectivity index (χ3v) is 8.13. The van der Waals surface area contributed by atoms with Crippen LogP contribution in [0.25, 0.3) is 6.08 Å². The van der Waals surface area contributed by atoms with E-state index in [0.717, 1.165) is 82.2 Å². The van der Waals surface area contributed by atoms with E-state index in [9.17, 15) is 13.2 Å². The molecule has 3 aliphatic rings. The molecule has 0 unspecified atom stereocenters. The third kappa shape index (κ3) is 5.20. The first kappa shape index (κ1) is 23.1. The fourth-order valence-corrected chi connectivity index (χ4v) is 6.24. The highest BCUT2D eigenvalue weighted by atomic mass is 32.2. The van der Waals surface area contributed by atoms with Crippen molar-refractivity contribution in [1.29, 1.82) is 0 Å². The quantitative estimate of drug-likeness (QED) is 0.599. The first-order valence-electron chi connectivity index (χ1n) is 12.4. The molecule has 182 valence electrons. The predicted octanol–water partition coefficient (Wildman–Crippen LogP) is 3.47. The van der Waals surface area contributed by atoms with Gasteiger partial charge in [-0.25, -0.2) is 22.9 Å². The van der Waals surface area contributed by atoms with E-state index < -0.39 is 16.1 Å². The number of hydrogen-bond acceptors (Lipinski definition) is 5. The van der Waals surface area contributed by atoms with Crippen LogP contribution in [0.3, 0.4) is 0 Å². The number of likely N-dealkylation sites (tertiary alicyclic amines) is 1. The minimum absolute atomic E-state index is 0.561. The van der Waals surface area contributed by atoms with Crippen LogP contribution in [0.1, 0.15) is 60.2 Å². The topological polar surface area (TPSA) is 96.3 Å². The lowest BCUT2D eigenvalue weighted by Gasteiger charge is -2.16. The van der Waals surface area contributed by atoms with Gasteiger partial charge in [-0.2, -0.15) is 0 Å². The summed E-state index contributed by atoms with van der Waals surface area (Å²) in [6, 6.07) is 1.56. The van der Waals surface area contributed by atoms with Crippen molar-refractivity contribution in [2.75, 3.05) is 25.0 Å². The second-order valence-electron chi connectivity index (χ2n) is 9.52. The lowest BCUT2D eigenvalue weighted by molar-refractivity contribution is 0.256. The summed E-state index contributed by atoms with van der Waals surface area (Å²) in [6.45, 7) is 4.14. The van der Waals surface area contributed by atoms with Gasteiger partial charge in [0.15, 0.2) is 0 Å². The molecule has 1 aromatic heterocycles. The van der Waals surface area contributed by atoms with Gasteiger partial charge in [-0.1, -0.05) is 6.07 Å². The van der Waals surface area contributed by atoms with Crippen molar-refractivity contribution in [3.63, 3.8) is 0 Å². The molecule has 2 heterocycles. The molecular weight excluding hydrogens is 450 g/mol. The van der Waals surface area contributed by atoms with Crippen LogP contribution in [-0.2, 0) is 42.3 Å². The molecule has 1 saturated heterocycles. The summed E-state index contributed by atoms with van der Waals surface area (Å²) >= 11 is 0. The summed E-state index contributed by atoms with van der Waals surface area (Å²) in [7, 11) is -3.96. The highest BCUT2D eigenvalue weighted by Gasteiger charge is 2.25. The van der Waals surface area contributed by atoms with Crippen LogP contribution in [0, 0.1) is 0 Å². The van der Waals surface area contributed by atoms with E-state index in [-0.39, 0.29) is 0 Å². The van der Waals surface area contributed by atoms with Gasteiger partial charge in [0.1, 0.15) is 5.82 Å². The first-order chi connectivity index (χ1) is 16.5. The Hall–Kier alpha value is -2.65. The van der Waals surface area contributed by atoms with E-state index in [4.69, 9.17) is 0 Å². The van der Waals surface area contributed by atoms with Gasteiger partial charge in [-0.3, -0.25) is 0 Å². The maximum atomic E-state index is 12.7. The second-order valence-corrected chi connectivity index (χ2v) is 11.1. The lowest BCUT2D eigenvalue weighted by Crippen LogP contribution is -2.33. The average Bonchev–Trinajstić information content (AvgIpc) is 3.59. The zero-order valence-corrected chi connectivity index (χ0v) is 20.4. The zero-order valence-electron chi connectivity index (χ0n) is 19.6. The van der Waals surface area contributed by atoms with Crippen molar-refractivity contribution >= 4 is 27.8 Å². The highest BCUT2D eigenvalue weighted by Crippen LogP contribution is 2.38. The molecule has 0 bridgehead atoms. The van der Waals surface area contributed by atoms with Crippen LogP contribution in [0.5, 0.6) is 0 Å². The van der Waals surface area contributed by atoms with Gasteiger partial charge in [-0.05, 0) is 106 Å². The molecule has 1 aromatic carbocycles. The normalized spacial score (nSPS) is 17.9. The Morgan fingerprint density at radius 3 is 2.41 bits per heavy atom. The molecule has 0 saturated carbocycles. The Morgan fingerprint density at radius 2 is 1.71 bits per heavy atom. The molecule has 1 aliphatic heterocycles. The summed E-state index contributed by atoms with van der Waals surface area (Å²) in [4.78, 5) is 19.4. The number of sulfonamides is 1. The minimum Gasteiger partial charge on any atom is -0.331 e. The Balaban J connectivity index is 1.21. The van der Waals surface area contributed by atoms with Crippen molar-refractivity contribution in [3.05, 3.63) is 51.9 Å². The smallest absolute Gasteiger partial charge is 0.331 e. The highest BCUT2D eigenvalue weighted by molar-refractivity contribution is 7.93. The maximum Gasteiger partial charge on any atom is 0.333 e. The molecule has 0 spiro atoms. The number of aryl methyl sites for hydroxylation is 3. The molecule has 1 fully saturated rings. The molecule has 2 N–H and O–H groups in total. The van der Waals surface area contributed by atoms with Crippen molar-refractivity contribution < 1.29 is 13.2 Å². The van der Waals surface area contributed by atoms with Gasteiger partial charge in [0.25, 0.3) is 10.0 Å². The van der Waals surface area contributed by atoms with Gasteiger partial charge in [0, 0.05) is 24.6 Å². The number of carbonyl (C=O) groups is 1. The summed E-state index contributed by atoms with van der Waals surface area (Å²) < 4.78 is 29.3. The second kappa shape index (κ2) is 9.92. The summed E-state index contributed by atoms with van der Waals surface area (Å²) in [6.07, 6.45) is 14.5. The molecule has 2 aliphatic carbocycles. The zero-order chi connectivity index (χ0) is 23.5. The number of nitrogens with one attached hydrogen (secondary N) is 2. The Kier molecular flexibility index (Phi) is 6.74. The van der Waals surface area contributed by atoms with Crippen LogP contribution in [-0.4, -0.2) is 48.5 Å². The fourth-order valence-electron chi connectivity index (χ4n) is 5.56. The van der Waals surface area contributed by atoms with Crippen LogP contribution >= 0.6 is 0 Å². The van der Waals surface area contributed by atoms with Gasteiger partial charge < -0.3 is 14.8 Å². The molecule has 0 radical (unpaired) electrons.